The second-order valence-corrected chi connectivity index (χ2v) is 5.44. The Morgan fingerprint density at radius 3 is 2.56 bits per heavy atom. The summed E-state index contributed by atoms with van der Waals surface area (Å²) < 4.78 is 34.8. The number of sulfonamides is 1. The summed E-state index contributed by atoms with van der Waals surface area (Å²) in [5.74, 6) is -0.745. The van der Waals surface area contributed by atoms with Crippen molar-refractivity contribution in [2.24, 2.45) is 0 Å². The highest BCUT2D eigenvalue weighted by Gasteiger charge is 2.12. The molecule has 0 aliphatic rings. The molecule has 0 unspecified atom stereocenters. The molecule has 0 saturated carbocycles. The van der Waals surface area contributed by atoms with E-state index in [1.54, 1.807) is 14.0 Å². The SMILES string of the molecule is CCOC(=O)CCS(=O)(=O)NCCNCCOC. The van der Waals surface area contributed by atoms with Gasteiger partial charge in [0, 0.05) is 26.7 Å². The Kier molecular flexibility index (Phi) is 9.85. The van der Waals surface area contributed by atoms with Crippen molar-refractivity contribution < 1.29 is 22.7 Å². The van der Waals surface area contributed by atoms with Crippen LogP contribution in [-0.2, 0) is 24.3 Å². The third kappa shape index (κ3) is 10.5. The largest absolute Gasteiger partial charge is 0.466 e. The van der Waals surface area contributed by atoms with Gasteiger partial charge in [-0.15, -0.1) is 0 Å². The number of hydrogen-bond acceptors (Lipinski definition) is 6. The molecular formula is C10H22N2O5S. The number of esters is 1. The topological polar surface area (TPSA) is 93.7 Å². The van der Waals surface area contributed by atoms with Crippen LogP contribution < -0.4 is 10.0 Å². The van der Waals surface area contributed by atoms with Crippen molar-refractivity contribution >= 4 is 16.0 Å². The number of carbonyl (C=O) groups excluding carboxylic acids is 1. The van der Waals surface area contributed by atoms with Crippen LogP contribution in [0.5, 0.6) is 0 Å². The van der Waals surface area contributed by atoms with E-state index in [1.807, 2.05) is 0 Å². The van der Waals surface area contributed by atoms with Gasteiger partial charge in [0.1, 0.15) is 0 Å². The van der Waals surface area contributed by atoms with Crippen molar-refractivity contribution in [1.29, 1.82) is 0 Å². The Bertz CT molecular complexity index is 318. The third-order valence-corrected chi connectivity index (χ3v) is 3.37. The molecule has 0 atom stereocenters. The van der Waals surface area contributed by atoms with E-state index >= 15 is 0 Å². The maximum absolute atomic E-state index is 11.5. The number of hydrogen-bond donors (Lipinski definition) is 2. The minimum absolute atomic E-state index is 0.125. The first-order valence-electron chi connectivity index (χ1n) is 5.84. The van der Waals surface area contributed by atoms with E-state index in [-0.39, 0.29) is 25.3 Å². The summed E-state index contributed by atoms with van der Waals surface area (Å²) in [4.78, 5) is 11.0. The molecule has 0 spiro atoms. The average Bonchev–Trinajstić information content (AvgIpc) is 2.32. The van der Waals surface area contributed by atoms with E-state index in [4.69, 9.17) is 4.74 Å². The molecule has 0 aromatic heterocycles. The van der Waals surface area contributed by atoms with E-state index in [9.17, 15) is 13.2 Å². The number of methoxy groups -OCH3 is 1. The maximum Gasteiger partial charge on any atom is 0.306 e. The van der Waals surface area contributed by atoms with E-state index in [0.717, 1.165) is 0 Å². The number of rotatable bonds is 11. The minimum atomic E-state index is -3.41. The molecule has 0 heterocycles. The molecule has 0 aromatic carbocycles. The number of carbonyl (C=O) groups is 1. The van der Waals surface area contributed by atoms with Gasteiger partial charge in [0.05, 0.1) is 25.4 Å². The summed E-state index contributed by atoms with van der Waals surface area (Å²) >= 11 is 0. The first-order chi connectivity index (χ1) is 8.52. The van der Waals surface area contributed by atoms with Crippen LogP contribution in [0.4, 0.5) is 0 Å². The molecular weight excluding hydrogens is 260 g/mol. The second kappa shape index (κ2) is 10.2. The molecule has 8 heteroatoms. The fraction of sp³-hybridized carbons (Fsp3) is 0.900. The van der Waals surface area contributed by atoms with Gasteiger partial charge >= 0.3 is 5.97 Å². The predicted octanol–water partition coefficient (Wildman–Crippen LogP) is -0.905. The zero-order valence-corrected chi connectivity index (χ0v) is 11.7. The smallest absolute Gasteiger partial charge is 0.306 e. The van der Waals surface area contributed by atoms with Gasteiger partial charge in [-0.3, -0.25) is 4.79 Å². The van der Waals surface area contributed by atoms with Crippen molar-refractivity contribution in [1.82, 2.24) is 10.0 Å². The summed E-state index contributed by atoms with van der Waals surface area (Å²) in [5, 5.41) is 3.00. The van der Waals surface area contributed by atoms with Gasteiger partial charge in [0.15, 0.2) is 0 Å². The van der Waals surface area contributed by atoms with Crippen LogP contribution in [0.3, 0.4) is 0 Å². The standard InChI is InChI=1S/C10H22N2O5S/c1-3-17-10(13)4-9-18(14,15)12-6-5-11-7-8-16-2/h11-12H,3-9H2,1-2H3. The van der Waals surface area contributed by atoms with E-state index in [1.165, 1.54) is 0 Å². The Hall–Kier alpha value is -0.700. The molecule has 7 nitrogen and oxygen atoms in total. The Balaban J connectivity index is 3.64. The predicted molar refractivity (Wildman–Crippen MR) is 67.8 cm³/mol. The molecule has 2 N–H and O–H groups in total. The molecule has 0 fully saturated rings. The number of nitrogens with one attached hydrogen (secondary N) is 2. The molecule has 0 aliphatic heterocycles. The highest BCUT2D eigenvalue weighted by molar-refractivity contribution is 7.89. The Morgan fingerprint density at radius 1 is 1.22 bits per heavy atom. The molecule has 18 heavy (non-hydrogen) atoms. The van der Waals surface area contributed by atoms with Crippen LogP contribution in [0.1, 0.15) is 13.3 Å². The van der Waals surface area contributed by atoms with Gasteiger partial charge in [-0.1, -0.05) is 0 Å². The number of ether oxygens (including phenoxy) is 2. The van der Waals surface area contributed by atoms with Gasteiger partial charge in [-0.2, -0.15) is 0 Å². The van der Waals surface area contributed by atoms with Gasteiger partial charge in [-0.25, -0.2) is 13.1 Å². The highest BCUT2D eigenvalue weighted by atomic mass is 32.2. The molecule has 0 aliphatic carbocycles. The van der Waals surface area contributed by atoms with Crippen LogP contribution in [0.25, 0.3) is 0 Å². The van der Waals surface area contributed by atoms with Gasteiger partial charge in [0.25, 0.3) is 0 Å². The molecule has 108 valence electrons. The van der Waals surface area contributed by atoms with Gasteiger partial charge in [-0.05, 0) is 6.92 Å². The van der Waals surface area contributed by atoms with E-state index in [0.29, 0.717) is 19.7 Å². The van der Waals surface area contributed by atoms with Crippen molar-refractivity contribution in [3.8, 4) is 0 Å². The van der Waals surface area contributed by atoms with Crippen molar-refractivity contribution in [3.05, 3.63) is 0 Å². The second-order valence-electron chi connectivity index (χ2n) is 3.51. The average molecular weight is 282 g/mol. The fourth-order valence-corrected chi connectivity index (χ4v) is 2.11. The minimum Gasteiger partial charge on any atom is -0.466 e. The fourth-order valence-electron chi connectivity index (χ4n) is 1.12. The monoisotopic (exact) mass is 282 g/mol. The maximum atomic E-state index is 11.5. The first-order valence-corrected chi connectivity index (χ1v) is 7.49. The van der Waals surface area contributed by atoms with E-state index < -0.39 is 16.0 Å². The van der Waals surface area contributed by atoms with Crippen LogP contribution in [0.2, 0.25) is 0 Å². The highest BCUT2D eigenvalue weighted by Crippen LogP contribution is 1.92. The summed E-state index contributed by atoms with van der Waals surface area (Å²) in [6, 6.07) is 0. The molecule has 0 amide bonds. The summed E-state index contributed by atoms with van der Waals surface area (Å²) in [5.41, 5.74) is 0. The molecule has 0 rings (SSSR count). The lowest BCUT2D eigenvalue weighted by Gasteiger charge is -2.07. The quantitative estimate of drug-likeness (QED) is 0.376. The summed E-state index contributed by atoms with van der Waals surface area (Å²) in [7, 11) is -1.81. The Morgan fingerprint density at radius 2 is 1.94 bits per heavy atom. The zero-order chi connectivity index (χ0) is 13.9. The van der Waals surface area contributed by atoms with Gasteiger partial charge < -0.3 is 14.8 Å². The van der Waals surface area contributed by atoms with Crippen molar-refractivity contribution in [2.45, 2.75) is 13.3 Å². The van der Waals surface area contributed by atoms with Crippen LogP contribution in [0.15, 0.2) is 0 Å². The van der Waals surface area contributed by atoms with Gasteiger partial charge in [0.2, 0.25) is 10.0 Å². The molecule has 0 bridgehead atoms. The molecule has 0 radical (unpaired) electrons. The van der Waals surface area contributed by atoms with Crippen molar-refractivity contribution in [2.75, 3.05) is 45.7 Å². The normalized spacial score (nSPS) is 11.4. The first kappa shape index (κ1) is 17.3. The lowest BCUT2D eigenvalue weighted by atomic mass is 10.5. The third-order valence-electron chi connectivity index (χ3n) is 1.99. The van der Waals surface area contributed by atoms with Crippen LogP contribution >= 0.6 is 0 Å². The summed E-state index contributed by atoms with van der Waals surface area (Å²) in [6.07, 6.45) is -0.125. The molecule has 0 saturated heterocycles. The Labute approximate surface area is 108 Å². The lowest BCUT2D eigenvalue weighted by molar-refractivity contribution is -0.142. The molecule has 0 aromatic rings. The van der Waals surface area contributed by atoms with Crippen LogP contribution in [0, 0.1) is 0 Å². The lowest BCUT2D eigenvalue weighted by Crippen LogP contribution is -2.34. The van der Waals surface area contributed by atoms with Crippen LogP contribution in [-0.4, -0.2) is 60.1 Å². The van der Waals surface area contributed by atoms with Crippen molar-refractivity contribution in [3.63, 3.8) is 0 Å². The summed E-state index contributed by atoms with van der Waals surface area (Å²) in [6.45, 7) is 3.99. The zero-order valence-electron chi connectivity index (χ0n) is 10.9. The van der Waals surface area contributed by atoms with E-state index in [2.05, 4.69) is 14.8 Å².